The molecule has 18 heavy (non-hydrogen) atoms. The second kappa shape index (κ2) is 8.13. The van der Waals surface area contributed by atoms with Crippen LogP contribution in [0.25, 0.3) is 0 Å². The van der Waals surface area contributed by atoms with Crippen LogP contribution in [0.1, 0.15) is 51.9 Å². The number of hydrogen-bond donors (Lipinski definition) is 0. The molecule has 0 saturated carbocycles. The fourth-order valence-electron chi connectivity index (χ4n) is 2.46. The molecule has 2 atom stereocenters. The van der Waals surface area contributed by atoms with Crippen LogP contribution in [0.3, 0.4) is 0 Å². The Hall–Kier alpha value is -0.120. The van der Waals surface area contributed by atoms with Gasteiger partial charge in [-0.15, -0.1) is 0 Å². The zero-order valence-corrected chi connectivity index (χ0v) is 12.8. The van der Waals surface area contributed by atoms with E-state index in [1.807, 2.05) is 0 Å². The number of quaternary nitrogens is 1. The topological polar surface area (TPSA) is 18.5 Å². The summed E-state index contributed by atoms with van der Waals surface area (Å²) in [5.41, 5.74) is 0. The van der Waals surface area contributed by atoms with E-state index in [0.717, 1.165) is 24.1 Å². The standard InChI is InChI=1S/C15H32NO2/c1-5-6-7-8-9-10-11-15-17-13-14(18-15)12-16(2,3)4/h14-15H,5-13H2,1-4H3/q+1. The molecule has 0 aromatic carbocycles. The summed E-state index contributed by atoms with van der Waals surface area (Å²) in [7, 11) is 6.60. The molecule has 1 rings (SSSR count). The average molecular weight is 258 g/mol. The predicted molar refractivity (Wildman–Crippen MR) is 75.5 cm³/mol. The van der Waals surface area contributed by atoms with E-state index < -0.39 is 0 Å². The minimum Gasteiger partial charge on any atom is -0.350 e. The second-order valence-electron chi connectivity index (χ2n) is 6.55. The van der Waals surface area contributed by atoms with Crippen LogP contribution in [-0.4, -0.2) is 51.2 Å². The summed E-state index contributed by atoms with van der Waals surface area (Å²) in [5, 5.41) is 0. The third-order valence-corrected chi connectivity index (χ3v) is 3.36. The van der Waals surface area contributed by atoms with E-state index in [4.69, 9.17) is 9.47 Å². The van der Waals surface area contributed by atoms with Crippen LogP contribution in [-0.2, 0) is 9.47 Å². The van der Waals surface area contributed by atoms with E-state index in [2.05, 4.69) is 28.1 Å². The number of hydrogen-bond acceptors (Lipinski definition) is 2. The summed E-state index contributed by atoms with van der Waals surface area (Å²) in [5.74, 6) is 0. The SMILES string of the molecule is CCCCCCCCC1OCC(C[N+](C)(C)C)O1. The lowest BCUT2D eigenvalue weighted by molar-refractivity contribution is -0.873. The van der Waals surface area contributed by atoms with Crippen molar-refractivity contribution < 1.29 is 14.0 Å². The maximum Gasteiger partial charge on any atom is 0.158 e. The van der Waals surface area contributed by atoms with Gasteiger partial charge in [-0.1, -0.05) is 39.0 Å². The van der Waals surface area contributed by atoms with Crippen molar-refractivity contribution in [3.8, 4) is 0 Å². The molecule has 1 saturated heterocycles. The molecule has 108 valence electrons. The maximum absolute atomic E-state index is 5.93. The van der Waals surface area contributed by atoms with Crippen molar-refractivity contribution in [3.05, 3.63) is 0 Å². The highest BCUT2D eigenvalue weighted by Gasteiger charge is 2.29. The highest BCUT2D eigenvalue weighted by molar-refractivity contribution is 4.65. The van der Waals surface area contributed by atoms with Gasteiger partial charge in [-0.3, -0.25) is 0 Å². The summed E-state index contributed by atoms with van der Waals surface area (Å²) >= 11 is 0. The lowest BCUT2D eigenvalue weighted by atomic mass is 10.1. The molecule has 1 fully saturated rings. The van der Waals surface area contributed by atoms with Gasteiger partial charge in [-0.25, -0.2) is 0 Å². The zero-order valence-electron chi connectivity index (χ0n) is 12.8. The van der Waals surface area contributed by atoms with E-state index in [1.165, 1.54) is 38.5 Å². The zero-order chi connectivity index (χ0) is 13.4. The van der Waals surface area contributed by atoms with E-state index >= 15 is 0 Å². The quantitative estimate of drug-likeness (QED) is 0.467. The van der Waals surface area contributed by atoms with Gasteiger partial charge in [0.05, 0.1) is 27.7 Å². The Morgan fingerprint density at radius 2 is 1.67 bits per heavy atom. The third-order valence-electron chi connectivity index (χ3n) is 3.36. The minimum absolute atomic E-state index is 0.0627. The maximum atomic E-state index is 5.93. The van der Waals surface area contributed by atoms with E-state index in [9.17, 15) is 0 Å². The van der Waals surface area contributed by atoms with Gasteiger partial charge in [0.25, 0.3) is 0 Å². The van der Waals surface area contributed by atoms with Crippen molar-refractivity contribution in [2.24, 2.45) is 0 Å². The van der Waals surface area contributed by atoms with Crippen molar-refractivity contribution in [2.75, 3.05) is 34.3 Å². The molecule has 0 amide bonds. The summed E-state index contributed by atoms with van der Waals surface area (Å²) < 4.78 is 12.6. The number of unbranched alkanes of at least 4 members (excludes halogenated alkanes) is 5. The Bertz CT molecular complexity index is 213. The first-order valence-electron chi connectivity index (χ1n) is 7.59. The molecule has 0 bridgehead atoms. The van der Waals surface area contributed by atoms with Crippen LogP contribution >= 0.6 is 0 Å². The second-order valence-corrected chi connectivity index (χ2v) is 6.55. The van der Waals surface area contributed by atoms with Gasteiger partial charge in [0, 0.05) is 0 Å². The predicted octanol–water partition coefficient (Wildman–Crippen LogP) is 3.18. The highest BCUT2D eigenvalue weighted by atomic mass is 16.7. The molecule has 1 aliphatic rings. The molecule has 0 radical (unpaired) electrons. The fourth-order valence-corrected chi connectivity index (χ4v) is 2.46. The Morgan fingerprint density at radius 3 is 2.33 bits per heavy atom. The number of likely N-dealkylation sites (N-methyl/N-ethyl adjacent to an activating group) is 1. The first kappa shape index (κ1) is 15.9. The molecule has 0 aliphatic carbocycles. The molecule has 2 unspecified atom stereocenters. The Kier molecular flexibility index (Phi) is 7.20. The molecule has 0 spiro atoms. The van der Waals surface area contributed by atoms with E-state index in [0.29, 0.717) is 0 Å². The Balaban J connectivity index is 2.01. The summed E-state index contributed by atoms with van der Waals surface area (Å²) in [4.78, 5) is 0. The molecule has 3 heteroatoms. The highest BCUT2D eigenvalue weighted by Crippen LogP contribution is 2.19. The summed E-state index contributed by atoms with van der Waals surface area (Å²) in [6.07, 6.45) is 9.43. The van der Waals surface area contributed by atoms with Gasteiger partial charge in [0.1, 0.15) is 12.6 Å². The Labute approximate surface area is 113 Å². The van der Waals surface area contributed by atoms with Crippen molar-refractivity contribution >= 4 is 0 Å². The number of ether oxygens (including phenoxy) is 2. The fraction of sp³-hybridized carbons (Fsp3) is 1.00. The molecule has 1 aliphatic heterocycles. The first-order valence-corrected chi connectivity index (χ1v) is 7.59. The molecule has 0 N–H and O–H groups in total. The van der Waals surface area contributed by atoms with Crippen LogP contribution in [0.2, 0.25) is 0 Å². The molecular weight excluding hydrogens is 226 g/mol. The molecular formula is C15H32NO2+. The van der Waals surface area contributed by atoms with Gasteiger partial charge < -0.3 is 14.0 Å². The van der Waals surface area contributed by atoms with Crippen LogP contribution in [0, 0.1) is 0 Å². The summed E-state index contributed by atoms with van der Waals surface area (Å²) in [6, 6.07) is 0. The average Bonchev–Trinajstić information content (AvgIpc) is 2.68. The third kappa shape index (κ3) is 7.34. The van der Waals surface area contributed by atoms with Crippen LogP contribution < -0.4 is 0 Å². The van der Waals surface area contributed by atoms with Gasteiger partial charge in [-0.2, -0.15) is 0 Å². The smallest absolute Gasteiger partial charge is 0.158 e. The van der Waals surface area contributed by atoms with Crippen LogP contribution in [0.4, 0.5) is 0 Å². The molecule has 3 nitrogen and oxygen atoms in total. The lowest BCUT2D eigenvalue weighted by Gasteiger charge is -2.26. The Morgan fingerprint density at radius 1 is 1.00 bits per heavy atom. The summed E-state index contributed by atoms with van der Waals surface area (Å²) in [6.45, 7) is 4.07. The van der Waals surface area contributed by atoms with Gasteiger partial charge in [-0.05, 0) is 12.8 Å². The minimum atomic E-state index is 0.0627. The van der Waals surface area contributed by atoms with Crippen molar-refractivity contribution in [1.82, 2.24) is 0 Å². The molecule has 0 aromatic rings. The van der Waals surface area contributed by atoms with Crippen molar-refractivity contribution in [2.45, 2.75) is 64.3 Å². The monoisotopic (exact) mass is 258 g/mol. The normalized spacial score (nSPS) is 24.7. The molecule has 1 heterocycles. The van der Waals surface area contributed by atoms with Crippen molar-refractivity contribution in [1.29, 1.82) is 0 Å². The van der Waals surface area contributed by atoms with Gasteiger partial charge >= 0.3 is 0 Å². The van der Waals surface area contributed by atoms with Crippen LogP contribution in [0.15, 0.2) is 0 Å². The van der Waals surface area contributed by atoms with Crippen molar-refractivity contribution in [3.63, 3.8) is 0 Å². The van der Waals surface area contributed by atoms with Gasteiger partial charge in [0.15, 0.2) is 6.29 Å². The molecule has 0 aromatic heterocycles. The van der Waals surface area contributed by atoms with Crippen LogP contribution in [0.5, 0.6) is 0 Å². The first-order chi connectivity index (χ1) is 8.51. The number of rotatable bonds is 9. The van der Waals surface area contributed by atoms with E-state index in [1.54, 1.807) is 0 Å². The lowest BCUT2D eigenvalue weighted by Crippen LogP contribution is -2.42. The largest absolute Gasteiger partial charge is 0.350 e. The van der Waals surface area contributed by atoms with E-state index in [-0.39, 0.29) is 12.4 Å². The van der Waals surface area contributed by atoms with Gasteiger partial charge in [0.2, 0.25) is 0 Å². The number of nitrogens with zero attached hydrogens (tertiary/aromatic N) is 1.